The average molecular weight is 347 g/mol. The zero-order chi connectivity index (χ0) is 17.5. The summed E-state index contributed by atoms with van der Waals surface area (Å²) in [7, 11) is 0. The molecule has 5 nitrogen and oxygen atoms in total. The number of carbonyl (C=O) groups excluding carboxylic acids is 1. The molecule has 0 bridgehead atoms. The minimum atomic E-state index is -0.133. The van der Waals surface area contributed by atoms with Gasteiger partial charge in [0.1, 0.15) is 6.54 Å². The Labute approximate surface area is 146 Å². The molecule has 0 spiro atoms. The summed E-state index contributed by atoms with van der Waals surface area (Å²) in [6.45, 7) is 8.51. The van der Waals surface area contributed by atoms with Gasteiger partial charge in [0.2, 0.25) is 5.91 Å². The van der Waals surface area contributed by atoms with E-state index in [2.05, 4.69) is 36.2 Å². The first-order valence-electron chi connectivity index (χ1n) is 8.27. The summed E-state index contributed by atoms with van der Waals surface area (Å²) < 4.78 is 1.51. The number of amides is 1. The van der Waals surface area contributed by atoms with Crippen LogP contribution in [0.15, 0.2) is 40.5 Å². The standard InChI is InChI=1S/C18H25N3O2S/c1-4-20(5-2)16(15-9-7-6-8-10-15)11-19-17(22)12-21-14(3)13-24-18(21)23/h6-10,13,16H,4-5,11-12H2,1-3H3,(H,19,22)/t16-/m0/s1. The largest absolute Gasteiger partial charge is 0.353 e. The van der Waals surface area contributed by atoms with Gasteiger partial charge in [0.15, 0.2) is 0 Å². The normalized spacial score (nSPS) is 12.3. The van der Waals surface area contributed by atoms with Gasteiger partial charge in [0, 0.05) is 17.6 Å². The van der Waals surface area contributed by atoms with Crippen molar-refractivity contribution in [3.05, 3.63) is 56.6 Å². The third kappa shape index (κ3) is 4.55. The first-order chi connectivity index (χ1) is 11.6. The SMILES string of the molecule is CCN(CC)[C@@H](CNC(=O)Cn1c(C)csc1=O)c1ccccc1. The number of hydrogen-bond donors (Lipinski definition) is 1. The van der Waals surface area contributed by atoms with E-state index >= 15 is 0 Å². The summed E-state index contributed by atoms with van der Waals surface area (Å²) in [5.74, 6) is -0.133. The van der Waals surface area contributed by atoms with Crippen molar-refractivity contribution in [3.8, 4) is 0 Å². The molecule has 130 valence electrons. The third-order valence-corrected chi connectivity index (χ3v) is 5.09. The Morgan fingerprint density at radius 1 is 1.25 bits per heavy atom. The predicted molar refractivity (Wildman–Crippen MR) is 98.4 cm³/mol. The van der Waals surface area contributed by atoms with E-state index in [0.717, 1.165) is 30.1 Å². The second kappa shape index (κ2) is 8.80. The topological polar surface area (TPSA) is 54.3 Å². The van der Waals surface area contributed by atoms with Crippen molar-refractivity contribution in [3.63, 3.8) is 0 Å². The second-order valence-corrected chi connectivity index (χ2v) is 6.50. The Bertz CT molecular complexity index is 705. The Balaban J connectivity index is 2.05. The van der Waals surface area contributed by atoms with Gasteiger partial charge in [-0.15, -0.1) is 0 Å². The first-order valence-corrected chi connectivity index (χ1v) is 9.15. The minimum Gasteiger partial charge on any atom is -0.353 e. The molecule has 1 aromatic heterocycles. The van der Waals surface area contributed by atoms with Crippen LogP contribution in [0.5, 0.6) is 0 Å². The molecular formula is C18H25N3O2S. The minimum absolute atomic E-state index is 0.0773. The lowest BCUT2D eigenvalue weighted by molar-refractivity contribution is -0.122. The monoisotopic (exact) mass is 347 g/mol. The molecular weight excluding hydrogens is 322 g/mol. The second-order valence-electron chi connectivity index (χ2n) is 5.68. The van der Waals surface area contributed by atoms with E-state index in [0.29, 0.717) is 6.54 Å². The van der Waals surface area contributed by atoms with Crippen LogP contribution in [-0.4, -0.2) is 35.0 Å². The molecule has 0 saturated heterocycles. The van der Waals surface area contributed by atoms with Gasteiger partial charge in [-0.05, 0) is 25.6 Å². The van der Waals surface area contributed by atoms with E-state index in [1.165, 1.54) is 10.1 Å². The van der Waals surface area contributed by atoms with Crippen molar-refractivity contribution in [1.29, 1.82) is 0 Å². The number of benzene rings is 1. The summed E-state index contributed by atoms with van der Waals surface area (Å²) in [5.41, 5.74) is 2.01. The van der Waals surface area contributed by atoms with Gasteiger partial charge < -0.3 is 5.32 Å². The van der Waals surface area contributed by atoms with E-state index in [4.69, 9.17) is 0 Å². The van der Waals surface area contributed by atoms with Crippen molar-refractivity contribution in [2.75, 3.05) is 19.6 Å². The molecule has 1 N–H and O–H groups in total. The van der Waals surface area contributed by atoms with Crippen molar-refractivity contribution < 1.29 is 4.79 Å². The van der Waals surface area contributed by atoms with Crippen molar-refractivity contribution in [2.45, 2.75) is 33.4 Å². The molecule has 2 aromatic rings. The molecule has 24 heavy (non-hydrogen) atoms. The van der Waals surface area contributed by atoms with Crippen LogP contribution in [0.1, 0.15) is 31.1 Å². The summed E-state index contributed by atoms with van der Waals surface area (Å²) in [5, 5.41) is 4.76. The lowest BCUT2D eigenvalue weighted by Gasteiger charge is -2.30. The molecule has 1 atom stereocenters. The van der Waals surface area contributed by atoms with Crippen LogP contribution in [0.4, 0.5) is 0 Å². The van der Waals surface area contributed by atoms with Gasteiger partial charge in [0.05, 0.1) is 6.04 Å². The van der Waals surface area contributed by atoms with Crippen molar-refractivity contribution >= 4 is 17.2 Å². The van der Waals surface area contributed by atoms with E-state index in [-0.39, 0.29) is 23.4 Å². The first kappa shape index (κ1) is 18.4. The lowest BCUT2D eigenvalue weighted by Crippen LogP contribution is -2.39. The van der Waals surface area contributed by atoms with Gasteiger partial charge in [-0.25, -0.2) is 0 Å². The lowest BCUT2D eigenvalue weighted by atomic mass is 10.1. The fraction of sp³-hybridized carbons (Fsp3) is 0.444. The Kier molecular flexibility index (Phi) is 6.75. The van der Waals surface area contributed by atoms with Crippen LogP contribution in [0.3, 0.4) is 0 Å². The highest BCUT2D eigenvalue weighted by molar-refractivity contribution is 7.07. The molecule has 1 amide bonds. The number of aromatic nitrogens is 1. The molecule has 2 rings (SSSR count). The third-order valence-electron chi connectivity index (χ3n) is 4.21. The van der Waals surface area contributed by atoms with Crippen LogP contribution in [0.25, 0.3) is 0 Å². The van der Waals surface area contributed by atoms with E-state index in [1.54, 1.807) is 5.38 Å². The Hall–Kier alpha value is -1.92. The molecule has 1 heterocycles. The van der Waals surface area contributed by atoms with Crippen LogP contribution in [0.2, 0.25) is 0 Å². The molecule has 0 saturated carbocycles. The molecule has 0 aliphatic rings. The van der Waals surface area contributed by atoms with Crippen molar-refractivity contribution in [2.24, 2.45) is 0 Å². The molecule has 6 heteroatoms. The molecule has 0 aliphatic carbocycles. The van der Waals surface area contributed by atoms with Crippen LogP contribution in [-0.2, 0) is 11.3 Å². The highest BCUT2D eigenvalue weighted by atomic mass is 32.1. The quantitative estimate of drug-likeness (QED) is 0.798. The molecule has 0 radical (unpaired) electrons. The zero-order valence-electron chi connectivity index (χ0n) is 14.5. The number of aryl methyl sites for hydroxylation is 1. The van der Waals surface area contributed by atoms with Crippen LogP contribution in [0, 0.1) is 6.92 Å². The van der Waals surface area contributed by atoms with E-state index < -0.39 is 0 Å². The summed E-state index contributed by atoms with van der Waals surface area (Å²) in [6, 6.07) is 10.3. The molecule has 1 aromatic carbocycles. The average Bonchev–Trinajstić information content (AvgIpc) is 2.91. The van der Waals surface area contributed by atoms with Crippen LogP contribution < -0.4 is 10.2 Å². The van der Waals surface area contributed by atoms with Gasteiger partial charge in [-0.1, -0.05) is 55.5 Å². The number of thiazole rings is 1. The predicted octanol–water partition coefficient (Wildman–Crippen LogP) is 2.42. The highest BCUT2D eigenvalue weighted by Crippen LogP contribution is 2.19. The summed E-state index contributed by atoms with van der Waals surface area (Å²) in [4.78, 5) is 26.2. The molecule has 0 aliphatic heterocycles. The van der Waals surface area contributed by atoms with Gasteiger partial charge in [-0.3, -0.25) is 19.1 Å². The van der Waals surface area contributed by atoms with Gasteiger partial charge >= 0.3 is 4.87 Å². The maximum Gasteiger partial charge on any atom is 0.307 e. The number of nitrogens with one attached hydrogen (secondary N) is 1. The highest BCUT2D eigenvalue weighted by Gasteiger charge is 2.19. The number of rotatable bonds is 8. The number of likely N-dealkylation sites (N-methyl/N-ethyl adjacent to an activating group) is 1. The van der Waals surface area contributed by atoms with Gasteiger partial charge in [-0.2, -0.15) is 0 Å². The zero-order valence-corrected chi connectivity index (χ0v) is 15.3. The Morgan fingerprint density at radius 3 is 2.46 bits per heavy atom. The van der Waals surface area contributed by atoms with E-state index in [9.17, 15) is 9.59 Å². The fourth-order valence-electron chi connectivity index (χ4n) is 2.80. The smallest absolute Gasteiger partial charge is 0.307 e. The molecule has 0 fully saturated rings. The van der Waals surface area contributed by atoms with Crippen molar-refractivity contribution in [1.82, 2.24) is 14.8 Å². The fourth-order valence-corrected chi connectivity index (χ4v) is 3.54. The Morgan fingerprint density at radius 2 is 1.92 bits per heavy atom. The summed E-state index contributed by atoms with van der Waals surface area (Å²) >= 11 is 1.13. The number of nitrogens with zero attached hydrogens (tertiary/aromatic N) is 2. The van der Waals surface area contributed by atoms with Crippen LogP contribution >= 0.6 is 11.3 Å². The number of carbonyl (C=O) groups is 1. The van der Waals surface area contributed by atoms with Gasteiger partial charge in [0.25, 0.3) is 0 Å². The maximum atomic E-state index is 12.3. The van der Waals surface area contributed by atoms with E-state index in [1.807, 2.05) is 25.1 Å². The number of hydrogen-bond acceptors (Lipinski definition) is 4. The summed E-state index contributed by atoms with van der Waals surface area (Å²) in [6.07, 6.45) is 0. The molecule has 0 unspecified atom stereocenters. The maximum absolute atomic E-state index is 12.3.